The molecule has 4 rings (SSSR count). The van der Waals surface area contributed by atoms with Gasteiger partial charge in [0.15, 0.2) is 23.9 Å². The Balaban J connectivity index is 1.41. The summed E-state index contributed by atoms with van der Waals surface area (Å²) in [6.45, 7) is 0.375. The number of hydrogen-bond acceptors (Lipinski definition) is 6. The minimum atomic E-state index is -0.227. The maximum atomic E-state index is 12.8. The Labute approximate surface area is 198 Å². The first-order valence-corrected chi connectivity index (χ1v) is 10.7. The van der Waals surface area contributed by atoms with Gasteiger partial charge in [-0.2, -0.15) is 0 Å². The largest absolute Gasteiger partial charge is 0.493 e. The molecule has 1 aliphatic rings. The molecule has 0 saturated heterocycles. The standard InChI is InChI=1S/C27H25NO6/c1-28(16-18-7-5-4-6-8-18)26(29)17-33-20-10-11-21-23(15-20)34-25(27(21)30)14-19-9-12-22(31-2)24(13-19)32-3/h4-15H,16-17H2,1-3H3. The van der Waals surface area contributed by atoms with Crippen LogP contribution in [0.25, 0.3) is 6.08 Å². The van der Waals surface area contributed by atoms with Gasteiger partial charge in [0.1, 0.15) is 11.5 Å². The van der Waals surface area contributed by atoms with Gasteiger partial charge in [0.25, 0.3) is 5.91 Å². The highest BCUT2D eigenvalue weighted by atomic mass is 16.5. The third-order valence-electron chi connectivity index (χ3n) is 5.40. The van der Waals surface area contributed by atoms with Crippen LogP contribution in [0, 0.1) is 0 Å². The SMILES string of the molecule is COc1ccc(C=C2Oc3cc(OCC(=O)N(C)Cc4ccccc4)ccc3C2=O)cc1OC. The number of amides is 1. The van der Waals surface area contributed by atoms with Crippen LogP contribution in [0.2, 0.25) is 0 Å². The van der Waals surface area contributed by atoms with Crippen molar-refractivity contribution in [3.05, 3.63) is 89.2 Å². The summed E-state index contributed by atoms with van der Waals surface area (Å²) in [5.74, 6) is 1.79. The fourth-order valence-corrected chi connectivity index (χ4v) is 3.55. The van der Waals surface area contributed by atoms with Gasteiger partial charge in [0.2, 0.25) is 5.78 Å². The van der Waals surface area contributed by atoms with E-state index in [2.05, 4.69) is 0 Å². The van der Waals surface area contributed by atoms with Crippen LogP contribution < -0.4 is 18.9 Å². The minimum absolute atomic E-state index is 0.121. The second kappa shape index (κ2) is 10.1. The summed E-state index contributed by atoms with van der Waals surface area (Å²) >= 11 is 0. The molecule has 0 N–H and O–H groups in total. The lowest BCUT2D eigenvalue weighted by Gasteiger charge is -2.17. The third-order valence-corrected chi connectivity index (χ3v) is 5.40. The van der Waals surface area contributed by atoms with E-state index in [-0.39, 0.29) is 24.1 Å². The Kier molecular flexibility index (Phi) is 6.82. The van der Waals surface area contributed by atoms with Crippen molar-refractivity contribution in [3.63, 3.8) is 0 Å². The van der Waals surface area contributed by atoms with Crippen LogP contribution in [0.4, 0.5) is 0 Å². The van der Waals surface area contributed by atoms with Crippen molar-refractivity contribution < 1.29 is 28.5 Å². The number of hydrogen-bond donors (Lipinski definition) is 0. The molecule has 7 nitrogen and oxygen atoms in total. The smallest absolute Gasteiger partial charge is 0.260 e. The lowest BCUT2D eigenvalue weighted by atomic mass is 10.1. The molecule has 0 atom stereocenters. The van der Waals surface area contributed by atoms with Gasteiger partial charge in [-0.3, -0.25) is 9.59 Å². The van der Waals surface area contributed by atoms with Crippen molar-refractivity contribution in [2.45, 2.75) is 6.54 Å². The van der Waals surface area contributed by atoms with Crippen molar-refractivity contribution in [3.8, 4) is 23.0 Å². The molecular formula is C27H25NO6. The number of nitrogens with zero attached hydrogens (tertiary/aromatic N) is 1. The number of methoxy groups -OCH3 is 2. The number of carbonyl (C=O) groups is 2. The maximum absolute atomic E-state index is 12.8. The van der Waals surface area contributed by atoms with Crippen LogP contribution in [-0.2, 0) is 11.3 Å². The monoisotopic (exact) mass is 459 g/mol. The number of benzene rings is 3. The Hall–Kier alpha value is -4.26. The second-order valence-electron chi connectivity index (χ2n) is 7.74. The first-order valence-electron chi connectivity index (χ1n) is 10.7. The molecule has 0 spiro atoms. The zero-order valence-electron chi connectivity index (χ0n) is 19.2. The van der Waals surface area contributed by atoms with Gasteiger partial charge in [0.05, 0.1) is 19.8 Å². The fourth-order valence-electron chi connectivity index (χ4n) is 3.55. The van der Waals surface area contributed by atoms with E-state index < -0.39 is 0 Å². The molecule has 7 heteroatoms. The van der Waals surface area contributed by atoms with E-state index in [1.807, 2.05) is 30.3 Å². The number of fused-ring (bicyclic) bond motifs is 1. The van der Waals surface area contributed by atoms with Crippen molar-refractivity contribution in [1.29, 1.82) is 0 Å². The quantitative estimate of drug-likeness (QED) is 0.466. The van der Waals surface area contributed by atoms with Crippen molar-refractivity contribution in [2.24, 2.45) is 0 Å². The fraction of sp³-hybridized carbons (Fsp3) is 0.185. The van der Waals surface area contributed by atoms with E-state index in [4.69, 9.17) is 18.9 Å². The first kappa shape index (κ1) is 22.9. The highest BCUT2D eigenvalue weighted by molar-refractivity contribution is 6.14. The number of ether oxygens (including phenoxy) is 4. The van der Waals surface area contributed by atoms with Crippen molar-refractivity contribution in [2.75, 3.05) is 27.9 Å². The highest BCUT2D eigenvalue weighted by Crippen LogP contribution is 2.36. The lowest BCUT2D eigenvalue weighted by Crippen LogP contribution is -2.30. The average molecular weight is 459 g/mol. The Morgan fingerprint density at radius 2 is 1.74 bits per heavy atom. The van der Waals surface area contributed by atoms with E-state index in [1.54, 1.807) is 68.6 Å². The molecular weight excluding hydrogens is 434 g/mol. The Morgan fingerprint density at radius 1 is 0.971 bits per heavy atom. The van der Waals surface area contributed by atoms with Crippen molar-refractivity contribution >= 4 is 17.8 Å². The van der Waals surface area contributed by atoms with Crippen LogP contribution in [0.15, 0.2) is 72.5 Å². The molecule has 1 heterocycles. The summed E-state index contributed by atoms with van der Waals surface area (Å²) in [6.07, 6.45) is 1.65. The van der Waals surface area contributed by atoms with E-state index in [9.17, 15) is 9.59 Å². The van der Waals surface area contributed by atoms with Gasteiger partial charge in [-0.1, -0.05) is 36.4 Å². The zero-order valence-corrected chi connectivity index (χ0v) is 19.2. The van der Waals surface area contributed by atoms with Crippen LogP contribution in [0.5, 0.6) is 23.0 Å². The molecule has 0 radical (unpaired) electrons. The van der Waals surface area contributed by atoms with Crippen LogP contribution in [0.1, 0.15) is 21.5 Å². The Morgan fingerprint density at radius 3 is 2.47 bits per heavy atom. The molecule has 0 saturated carbocycles. The predicted octanol–water partition coefficient (Wildman–Crippen LogP) is 4.36. The maximum Gasteiger partial charge on any atom is 0.260 e. The predicted molar refractivity (Wildman–Crippen MR) is 127 cm³/mol. The average Bonchev–Trinajstić information content (AvgIpc) is 3.17. The molecule has 0 unspecified atom stereocenters. The number of rotatable bonds is 8. The van der Waals surface area contributed by atoms with Gasteiger partial charge in [-0.15, -0.1) is 0 Å². The summed E-state index contributed by atoms with van der Waals surface area (Å²) in [4.78, 5) is 26.8. The molecule has 34 heavy (non-hydrogen) atoms. The van der Waals surface area contributed by atoms with Gasteiger partial charge in [0, 0.05) is 19.7 Å². The molecule has 1 amide bonds. The molecule has 0 aromatic heterocycles. The van der Waals surface area contributed by atoms with Gasteiger partial charge < -0.3 is 23.8 Å². The van der Waals surface area contributed by atoms with Crippen LogP contribution >= 0.6 is 0 Å². The molecule has 3 aromatic carbocycles. The first-order chi connectivity index (χ1) is 16.5. The molecule has 0 aliphatic carbocycles. The zero-order chi connectivity index (χ0) is 24.1. The van der Waals surface area contributed by atoms with Gasteiger partial charge >= 0.3 is 0 Å². The van der Waals surface area contributed by atoms with Gasteiger partial charge in [-0.05, 0) is 41.5 Å². The summed E-state index contributed by atoms with van der Waals surface area (Å²) < 4.78 is 22.0. The van der Waals surface area contributed by atoms with E-state index in [0.29, 0.717) is 35.1 Å². The van der Waals surface area contributed by atoms with E-state index >= 15 is 0 Å². The number of likely N-dealkylation sites (N-methyl/N-ethyl adjacent to an activating group) is 1. The molecule has 0 bridgehead atoms. The van der Waals surface area contributed by atoms with Crippen molar-refractivity contribution in [1.82, 2.24) is 4.90 Å². The molecule has 0 fully saturated rings. The Bertz CT molecular complexity index is 1240. The van der Waals surface area contributed by atoms with E-state index in [1.165, 1.54) is 0 Å². The third kappa shape index (κ3) is 5.04. The number of allylic oxidation sites excluding steroid dienone is 1. The van der Waals surface area contributed by atoms with Crippen LogP contribution in [-0.4, -0.2) is 44.5 Å². The summed E-state index contributed by atoms with van der Waals surface area (Å²) in [5.41, 5.74) is 2.21. The molecule has 174 valence electrons. The molecule has 3 aromatic rings. The number of Topliss-reactive ketones (excluding diaryl/α,β-unsaturated/α-hetero) is 1. The summed E-state index contributed by atoms with van der Waals surface area (Å²) in [7, 11) is 4.84. The van der Waals surface area contributed by atoms with Gasteiger partial charge in [-0.25, -0.2) is 0 Å². The highest BCUT2D eigenvalue weighted by Gasteiger charge is 2.28. The normalized spacial score (nSPS) is 13.3. The minimum Gasteiger partial charge on any atom is -0.493 e. The molecule has 1 aliphatic heterocycles. The number of carbonyl (C=O) groups excluding carboxylic acids is 2. The van der Waals surface area contributed by atoms with Crippen LogP contribution in [0.3, 0.4) is 0 Å². The second-order valence-corrected chi connectivity index (χ2v) is 7.74. The lowest BCUT2D eigenvalue weighted by molar-refractivity contribution is -0.132. The summed E-state index contributed by atoms with van der Waals surface area (Å²) in [5, 5.41) is 0. The topological polar surface area (TPSA) is 74.3 Å². The number of ketones is 1. The van der Waals surface area contributed by atoms with E-state index in [0.717, 1.165) is 11.1 Å². The summed E-state index contributed by atoms with van der Waals surface area (Å²) in [6, 6.07) is 20.0.